The largest absolute Gasteiger partial charge is 0.748 e. The van der Waals surface area contributed by atoms with E-state index in [0.717, 1.165) is 0 Å². The number of amides is 2. The number of esters is 1. The van der Waals surface area contributed by atoms with Crippen LogP contribution in [-0.2, 0) is 24.4 Å². The molecule has 9 nitrogen and oxygen atoms in total. The summed E-state index contributed by atoms with van der Waals surface area (Å²) in [5.41, 5.74) is 0.818. The Kier molecular flexibility index (Phi) is 9.62. The van der Waals surface area contributed by atoms with Crippen molar-refractivity contribution in [3.63, 3.8) is 0 Å². The monoisotopic (exact) mass is 735 g/mol. The molecule has 0 radical (unpaired) electrons. The first-order valence-corrected chi connectivity index (χ1v) is 12.0. The van der Waals surface area contributed by atoms with Gasteiger partial charge in [0.15, 0.2) is 0 Å². The molecule has 0 atom stereocenters. The Morgan fingerprint density at radius 1 is 0.963 bits per heavy atom. The van der Waals surface area contributed by atoms with Gasteiger partial charge in [-0.1, -0.05) is 0 Å². The van der Waals surface area contributed by atoms with E-state index in [0.29, 0.717) is 22.1 Å². The maximum atomic E-state index is 12.5. The summed E-state index contributed by atoms with van der Waals surface area (Å²) in [6, 6.07) is 0. The van der Waals surface area contributed by atoms with Crippen molar-refractivity contribution in [3.8, 4) is 0 Å². The van der Waals surface area contributed by atoms with Crippen LogP contribution in [0.3, 0.4) is 0 Å². The van der Waals surface area contributed by atoms with Crippen molar-refractivity contribution >= 4 is 107 Å². The number of nitrogens with one attached hydrogen (secondary N) is 2. The van der Waals surface area contributed by atoms with Gasteiger partial charge in [0, 0.05) is 19.6 Å². The van der Waals surface area contributed by atoms with E-state index in [4.69, 9.17) is 4.74 Å². The van der Waals surface area contributed by atoms with E-state index in [-0.39, 0.29) is 30.4 Å². The summed E-state index contributed by atoms with van der Waals surface area (Å²) in [5.74, 6) is -2.13. The van der Waals surface area contributed by atoms with Crippen molar-refractivity contribution in [2.45, 2.75) is 20.3 Å². The van der Waals surface area contributed by atoms with Crippen LogP contribution in [-0.4, -0.2) is 43.1 Å². The maximum absolute atomic E-state index is 12.5. The maximum Gasteiger partial charge on any atom is 0.340 e. The van der Waals surface area contributed by atoms with E-state index in [1.165, 1.54) is 13.8 Å². The molecule has 0 heterocycles. The minimum absolute atomic E-state index is 0.120. The van der Waals surface area contributed by atoms with E-state index in [1.807, 2.05) is 67.8 Å². The second-order valence-electron chi connectivity index (χ2n) is 5.18. The lowest BCUT2D eigenvalue weighted by atomic mass is 10.1. The van der Waals surface area contributed by atoms with Crippen LogP contribution >= 0.6 is 67.8 Å². The van der Waals surface area contributed by atoms with Gasteiger partial charge >= 0.3 is 5.97 Å². The molecule has 2 N–H and O–H groups in total. The molecule has 0 fully saturated rings. The van der Waals surface area contributed by atoms with Crippen molar-refractivity contribution in [1.29, 1.82) is 0 Å². The number of anilines is 2. The number of carbonyl (C=O) groups is 3. The Balaban J connectivity index is 3.28. The minimum atomic E-state index is -4.39. The summed E-state index contributed by atoms with van der Waals surface area (Å²) in [5, 5.41) is 5.26. The van der Waals surface area contributed by atoms with Gasteiger partial charge in [-0.15, -0.1) is 0 Å². The second kappa shape index (κ2) is 10.5. The quantitative estimate of drug-likeness (QED) is 0.190. The highest BCUT2D eigenvalue weighted by Gasteiger charge is 2.26. The fraction of sp³-hybridized carbons (Fsp3) is 0.357. The van der Waals surface area contributed by atoms with Crippen LogP contribution in [0.4, 0.5) is 11.4 Å². The Morgan fingerprint density at radius 2 is 1.41 bits per heavy atom. The van der Waals surface area contributed by atoms with E-state index < -0.39 is 21.8 Å². The normalized spacial score (nSPS) is 11.0. The fourth-order valence-corrected chi connectivity index (χ4v) is 6.50. The first-order valence-electron chi connectivity index (χ1n) is 7.21. The molecule has 0 aromatic heterocycles. The average Bonchev–Trinajstić information content (AvgIpc) is 2.51. The molecule has 1 rings (SSSR count). The van der Waals surface area contributed by atoms with Crippen molar-refractivity contribution < 1.29 is 32.1 Å². The molecule has 0 saturated heterocycles. The third-order valence-corrected chi connectivity index (χ3v) is 6.92. The van der Waals surface area contributed by atoms with E-state index in [2.05, 4.69) is 10.6 Å². The first kappa shape index (κ1) is 24.8. The molecule has 27 heavy (non-hydrogen) atoms. The van der Waals surface area contributed by atoms with E-state index in [1.54, 1.807) is 0 Å². The standard InChI is InChI=1S/C14H15I3N2O7S/c1-6(20)18-12-9(15)8(10(16)13(11(12)17)19-7(2)21)14(22)26-4-3-5-27(23,24)25/h3-5H2,1-2H3,(H,18,20)(H,19,21)(H,23,24,25)/p-1. The lowest BCUT2D eigenvalue weighted by Crippen LogP contribution is -2.19. The summed E-state index contributed by atoms with van der Waals surface area (Å²) in [4.78, 5) is 35.5. The highest BCUT2D eigenvalue weighted by Crippen LogP contribution is 2.39. The van der Waals surface area contributed by atoms with Crippen molar-refractivity contribution in [3.05, 3.63) is 16.3 Å². The van der Waals surface area contributed by atoms with E-state index in [9.17, 15) is 27.4 Å². The van der Waals surface area contributed by atoms with Gasteiger partial charge in [0.1, 0.15) is 0 Å². The predicted octanol–water partition coefficient (Wildman–Crippen LogP) is 2.51. The van der Waals surface area contributed by atoms with Gasteiger partial charge in [0.2, 0.25) is 11.8 Å². The summed E-state index contributed by atoms with van der Waals surface area (Å²) in [6.07, 6.45) is -0.133. The topological polar surface area (TPSA) is 142 Å². The molecular formula is C14H14I3N2O7S-. The number of rotatable bonds is 7. The average molecular weight is 735 g/mol. The van der Waals surface area contributed by atoms with Crippen LogP contribution in [0.15, 0.2) is 0 Å². The molecule has 0 saturated carbocycles. The minimum Gasteiger partial charge on any atom is -0.748 e. The molecule has 2 amide bonds. The van der Waals surface area contributed by atoms with Gasteiger partial charge in [-0.2, -0.15) is 0 Å². The van der Waals surface area contributed by atoms with E-state index >= 15 is 0 Å². The second-order valence-corrected chi connectivity index (χ2v) is 9.94. The Morgan fingerprint density at radius 3 is 1.78 bits per heavy atom. The zero-order valence-electron chi connectivity index (χ0n) is 14.0. The van der Waals surface area contributed by atoms with Crippen LogP contribution in [0.2, 0.25) is 0 Å². The lowest BCUT2D eigenvalue weighted by molar-refractivity contribution is -0.115. The fourth-order valence-electron chi connectivity index (χ4n) is 1.89. The van der Waals surface area contributed by atoms with Crippen LogP contribution < -0.4 is 10.6 Å². The van der Waals surface area contributed by atoms with Gasteiger partial charge in [0.05, 0.1) is 44.4 Å². The molecule has 0 unspecified atom stereocenters. The van der Waals surface area contributed by atoms with Gasteiger partial charge in [0.25, 0.3) is 0 Å². The Hall–Kier alpha value is -0.270. The third-order valence-electron chi connectivity index (χ3n) is 2.89. The molecule has 0 aliphatic carbocycles. The summed E-state index contributed by atoms with van der Waals surface area (Å²) >= 11 is 5.71. The predicted molar refractivity (Wildman–Crippen MR) is 123 cm³/mol. The van der Waals surface area contributed by atoms with Crippen LogP contribution in [0.25, 0.3) is 0 Å². The van der Waals surface area contributed by atoms with Crippen LogP contribution in [0, 0.1) is 10.7 Å². The third kappa shape index (κ3) is 7.58. The summed E-state index contributed by atoms with van der Waals surface area (Å²) in [6.45, 7) is 2.36. The SMILES string of the molecule is CC(=O)Nc1c(I)c(NC(C)=O)c(I)c(C(=O)OCCCS(=O)(=O)[O-])c1I. The number of halogens is 3. The number of hydrogen-bond acceptors (Lipinski definition) is 7. The van der Waals surface area contributed by atoms with Crippen molar-refractivity contribution in [2.24, 2.45) is 0 Å². The summed E-state index contributed by atoms with van der Waals surface area (Å²) in [7, 11) is -4.39. The molecule has 1 aromatic carbocycles. The van der Waals surface area contributed by atoms with Crippen molar-refractivity contribution in [1.82, 2.24) is 0 Å². The lowest BCUT2D eigenvalue weighted by Gasteiger charge is -2.19. The number of benzene rings is 1. The number of hydrogen-bond donors (Lipinski definition) is 2. The van der Waals surface area contributed by atoms with Gasteiger partial charge in [-0.3, -0.25) is 9.59 Å². The zero-order valence-corrected chi connectivity index (χ0v) is 21.3. The summed E-state index contributed by atoms with van der Waals surface area (Å²) < 4.78 is 38.2. The Labute approximate surface area is 196 Å². The van der Waals surface area contributed by atoms with Gasteiger partial charge in [-0.25, -0.2) is 13.2 Å². The van der Waals surface area contributed by atoms with Crippen LogP contribution in [0.1, 0.15) is 30.6 Å². The zero-order chi connectivity index (χ0) is 20.9. The Bertz CT molecular complexity index is 844. The molecule has 1 aromatic rings. The molecule has 13 heteroatoms. The molecule has 0 spiro atoms. The molecule has 0 aliphatic rings. The molecule has 0 bridgehead atoms. The smallest absolute Gasteiger partial charge is 0.340 e. The molecular weight excluding hydrogens is 721 g/mol. The highest BCUT2D eigenvalue weighted by atomic mass is 127. The van der Waals surface area contributed by atoms with Gasteiger partial charge < -0.3 is 19.9 Å². The van der Waals surface area contributed by atoms with Crippen molar-refractivity contribution in [2.75, 3.05) is 23.0 Å². The van der Waals surface area contributed by atoms with Gasteiger partial charge in [-0.05, 0) is 74.2 Å². The first-order chi connectivity index (χ1) is 12.3. The van der Waals surface area contributed by atoms with Crippen LogP contribution in [0.5, 0.6) is 0 Å². The molecule has 150 valence electrons. The highest BCUT2D eigenvalue weighted by molar-refractivity contribution is 14.1. The number of carbonyl (C=O) groups excluding carboxylic acids is 3. The number of ether oxygens (including phenoxy) is 1. The molecule has 0 aliphatic heterocycles.